The van der Waals surface area contributed by atoms with Gasteiger partial charge in [0.2, 0.25) is 6.34 Å². The Morgan fingerprint density at radius 1 is 1.47 bits per heavy atom. The van der Waals surface area contributed by atoms with Crippen molar-refractivity contribution in [1.82, 2.24) is 5.32 Å². The predicted molar refractivity (Wildman–Crippen MR) is 52.5 cm³/mol. The van der Waals surface area contributed by atoms with E-state index in [1.807, 2.05) is 0 Å². The second kappa shape index (κ2) is 7.58. The number of nitrogens with one attached hydrogen (secondary N) is 2. The number of hydrogen-bond donors (Lipinski definition) is 4. The summed E-state index contributed by atoms with van der Waals surface area (Å²) >= 11 is 0. The van der Waals surface area contributed by atoms with Crippen LogP contribution in [-0.2, 0) is 9.59 Å². The molecule has 1 aliphatic rings. The lowest BCUT2D eigenvalue weighted by atomic mass is 10.1. The van der Waals surface area contributed by atoms with E-state index >= 15 is 0 Å². The molecule has 0 aromatic rings. The van der Waals surface area contributed by atoms with Gasteiger partial charge < -0.3 is 31.3 Å². The molecular weight excluding hydrogens is 228 g/mol. The highest BCUT2D eigenvalue weighted by Crippen LogP contribution is 1.91. The number of aliphatic carboxylic acids is 2. The van der Waals surface area contributed by atoms with E-state index < -0.39 is 24.0 Å². The van der Waals surface area contributed by atoms with E-state index in [0.29, 0.717) is 6.42 Å². The lowest BCUT2D eigenvalue weighted by molar-refractivity contribution is -0.454. The molecule has 0 saturated carbocycles. The van der Waals surface area contributed by atoms with Gasteiger partial charge in [-0.05, 0) is 6.92 Å². The van der Waals surface area contributed by atoms with Crippen LogP contribution in [0.4, 0.5) is 0 Å². The largest absolute Gasteiger partial charge is 0.544 e. The van der Waals surface area contributed by atoms with Crippen LogP contribution < -0.4 is 32.0 Å². The van der Waals surface area contributed by atoms with Crippen LogP contribution in [-0.4, -0.2) is 42.9 Å². The van der Waals surface area contributed by atoms with Gasteiger partial charge >= 0.3 is 0 Å². The van der Waals surface area contributed by atoms with Crippen molar-refractivity contribution in [2.45, 2.75) is 31.5 Å². The van der Waals surface area contributed by atoms with Gasteiger partial charge in [0.1, 0.15) is 24.7 Å². The summed E-state index contributed by atoms with van der Waals surface area (Å²) in [5, 5.41) is 22.8. The van der Waals surface area contributed by atoms with Crippen molar-refractivity contribution in [2.75, 3.05) is 6.54 Å². The third-order valence-corrected chi connectivity index (χ3v) is 2.09. The molecule has 0 aliphatic carbocycles. The van der Waals surface area contributed by atoms with Crippen LogP contribution in [0.3, 0.4) is 0 Å². The Labute approximate surface area is 98.7 Å². The van der Waals surface area contributed by atoms with Crippen LogP contribution in [0.25, 0.3) is 0 Å². The highest BCUT2D eigenvalue weighted by atomic mass is 16.4. The van der Waals surface area contributed by atoms with Crippen LogP contribution in [0.2, 0.25) is 0 Å². The van der Waals surface area contributed by atoms with E-state index in [-0.39, 0.29) is 6.04 Å². The second-order valence-electron chi connectivity index (χ2n) is 3.89. The molecule has 1 heterocycles. The molecule has 0 radical (unpaired) electrons. The smallest absolute Gasteiger partial charge is 0.230 e. The van der Waals surface area contributed by atoms with Crippen molar-refractivity contribution in [2.24, 2.45) is 0 Å². The summed E-state index contributed by atoms with van der Waals surface area (Å²) < 4.78 is 0. The molecule has 0 aromatic carbocycles. The average Bonchev–Trinajstić information content (AvgIpc) is 2.71. The SMILES string of the molecule is CC([NH3+])C(=O)[O-].[NH3+]C(CC1C[NH+]=CN1)C(=O)[O-]. The van der Waals surface area contributed by atoms with E-state index in [1.165, 1.54) is 6.92 Å². The molecule has 8 nitrogen and oxygen atoms in total. The Hall–Kier alpha value is -1.67. The minimum Gasteiger partial charge on any atom is -0.544 e. The molecule has 3 atom stereocenters. The lowest BCUT2D eigenvalue weighted by Crippen LogP contribution is -2.71. The first-order valence-corrected chi connectivity index (χ1v) is 5.23. The van der Waals surface area contributed by atoms with E-state index in [2.05, 4.69) is 21.8 Å². The van der Waals surface area contributed by atoms with Crippen molar-refractivity contribution in [3.05, 3.63) is 0 Å². The van der Waals surface area contributed by atoms with Crippen LogP contribution in [0.15, 0.2) is 0 Å². The average molecular weight is 247 g/mol. The van der Waals surface area contributed by atoms with Crippen molar-refractivity contribution in [3.8, 4) is 0 Å². The predicted octanol–water partition coefficient (Wildman–Crippen LogP) is -7.82. The summed E-state index contributed by atoms with van der Waals surface area (Å²) in [7, 11) is 0. The standard InChI is InChI=1S/C6H11N3O2.C3H7NO2/c7-5(6(10)11)1-4-2-8-3-9-4;1-2(4)3(5)6/h3-5H,1-2,7H2,(H,8,9)(H,10,11);2H,4H2,1H3,(H,5,6)/p+1. The maximum Gasteiger partial charge on any atom is 0.230 e. The molecule has 0 aromatic heterocycles. The summed E-state index contributed by atoms with van der Waals surface area (Å²) in [6, 6.07) is -1.04. The third kappa shape index (κ3) is 7.25. The molecule has 17 heavy (non-hydrogen) atoms. The molecule has 1 rings (SSSR count). The van der Waals surface area contributed by atoms with Gasteiger partial charge in [-0.15, -0.1) is 0 Å². The Bertz CT molecular complexity index is 285. The monoisotopic (exact) mass is 247 g/mol. The summed E-state index contributed by atoms with van der Waals surface area (Å²) in [4.78, 5) is 22.7. The van der Waals surface area contributed by atoms with Crippen LogP contribution in [0, 0.1) is 0 Å². The Kier molecular flexibility index (Phi) is 6.83. The number of rotatable bonds is 4. The van der Waals surface area contributed by atoms with E-state index in [0.717, 1.165) is 6.54 Å². The Morgan fingerprint density at radius 2 is 2.00 bits per heavy atom. The van der Waals surface area contributed by atoms with Gasteiger partial charge in [-0.25, -0.2) is 0 Å². The number of carbonyl (C=O) groups is 2. The fourth-order valence-corrected chi connectivity index (χ4v) is 1.03. The van der Waals surface area contributed by atoms with Crippen LogP contribution in [0.5, 0.6) is 0 Å². The highest BCUT2D eigenvalue weighted by Gasteiger charge is 2.21. The summed E-state index contributed by atoms with van der Waals surface area (Å²) in [5.41, 5.74) is 6.63. The molecular formula is C9H19N4O4+. The first-order chi connectivity index (χ1) is 7.84. The molecule has 8 heteroatoms. The van der Waals surface area contributed by atoms with Gasteiger partial charge in [-0.1, -0.05) is 0 Å². The van der Waals surface area contributed by atoms with Gasteiger partial charge in [0, 0.05) is 6.42 Å². The van der Waals surface area contributed by atoms with Crippen molar-refractivity contribution >= 4 is 18.3 Å². The Balaban J connectivity index is 0.000000366. The minimum atomic E-state index is -1.10. The molecule has 98 valence electrons. The Morgan fingerprint density at radius 3 is 2.29 bits per heavy atom. The normalized spacial score (nSPS) is 20.8. The van der Waals surface area contributed by atoms with E-state index in [1.54, 1.807) is 6.34 Å². The highest BCUT2D eigenvalue weighted by molar-refractivity contribution is 5.69. The van der Waals surface area contributed by atoms with Crippen molar-refractivity contribution < 1.29 is 36.3 Å². The number of carboxylic acids is 2. The quantitative estimate of drug-likeness (QED) is 0.387. The van der Waals surface area contributed by atoms with Gasteiger partial charge in [-0.2, -0.15) is 0 Å². The zero-order chi connectivity index (χ0) is 13.4. The minimum absolute atomic E-state index is 0.176. The van der Waals surface area contributed by atoms with Gasteiger partial charge in [-0.3, -0.25) is 10.3 Å². The zero-order valence-corrected chi connectivity index (χ0v) is 9.77. The van der Waals surface area contributed by atoms with E-state index in [9.17, 15) is 19.8 Å². The fraction of sp³-hybridized carbons (Fsp3) is 0.667. The number of carbonyl (C=O) groups excluding carboxylic acids is 2. The first kappa shape index (κ1) is 15.3. The van der Waals surface area contributed by atoms with E-state index in [4.69, 9.17) is 0 Å². The summed E-state index contributed by atoms with van der Waals surface area (Å²) in [6.45, 7) is 2.23. The maximum atomic E-state index is 10.3. The lowest BCUT2D eigenvalue weighted by Gasteiger charge is -2.10. The van der Waals surface area contributed by atoms with Crippen molar-refractivity contribution in [3.63, 3.8) is 0 Å². The molecule has 3 unspecified atom stereocenters. The van der Waals surface area contributed by atoms with Crippen LogP contribution in [0.1, 0.15) is 13.3 Å². The molecule has 0 spiro atoms. The first-order valence-electron chi connectivity index (χ1n) is 5.23. The van der Waals surface area contributed by atoms with Crippen LogP contribution >= 0.6 is 0 Å². The summed E-state index contributed by atoms with van der Waals surface area (Å²) in [6.07, 6.45) is 2.22. The third-order valence-electron chi connectivity index (χ3n) is 2.09. The summed E-state index contributed by atoms with van der Waals surface area (Å²) in [5.74, 6) is -2.19. The molecule has 0 saturated heterocycles. The maximum absolute atomic E-state index is 10.3. The topological polar surface area (TPSA) is 162 Å². The molecule has 0 bridgehead atoms. The zero-order valence-electron chi connectivity index (χ0n) is 9.77. The number of quaternary nitrogens is 2. The molecule has 0 fully saturated rings. The molecule has 0 amide bonds. The van der Waals surface area contributed by atoms with Gasteiger partial charge in [0.15, 0.2) is 0 Å². The fourth-order valence-electron chi connectivity index (χ4n) is 1.03. The van der Waals surface area contributed by atoms with Gasteiger partial charge in [0.25, 0.3) is 0 Å². The second-order valence-corrected chi connectivity index (χ2v) is 3.89. The number of carboxylic acid groups (broad SMARTS) is 2. The molecule has 8 N–H and O–H groups in total. The number of hydrogen-bond acceptors (Lipinski definition) is 5. The van der Waals surface area contributed by atoms with Gasteiger partial charge in [0.05, 0.1) is 11.9 Å². The molecule has 1 aliphatic heterocycles. The van der Waals surface area contributed by atoms with Crippen molar-refractivity contribution in [1.29, 1.82) is 0 Å².